The molecule has 2 fully saturated rings. The monoisotopic (exact) mass is 241 g/mol. The van der Waals surface area contributed by atoms with Crippen LogP contribution >= 0.6 is 0 Å². The van der Waals surface area contributed by atoms with Crippen LogP contribution < -0.4 is 0 Å². The van der Waals surface area contributed by atoms with Gasteiger partial charge in [-0.25, -0.2) is 4.79 Å². The van der Waals surface area contributed by atoms with Gasteiger partial charge in [-0.3, -0.25) is 4.90 Å². The molecule has 4 heteroatoms. The molecule has 0 saturated carbocycles. The Morgan fingerprint density at radius 2 is 2.00 bits per heavy atom. The Kier molecular flexibility index (Phi) is 3.73. The number of ether oxygens (including phenoxy) is 1. The van der Waals surface area contributed by atoms with E-state index in [1.807, 2.05) is 0 Å². The Labute approximate surface area is 103 Å². The van der Waals surface area contributed by atoms with Crippen LogP contribution in [0.3, 0.4) is 0 Å². The smallest absolute Gasteiger partial charge is 0.332 e. The van der Waals surface area contributed by atoms with E-state index in [2.05, 4.69) is 18.7 Å². The summed E-state index contributed by atoms with van der Waals surface area (Å²) < 4.78 is 5.52. The maximum Gasteiger partial charge on any atom is 0.332 e. The van der Waals surface area contributed by atoms with Crippen molar-refractivity contribution in [3.8, 4) is 0 Å². The molecule has 1 N–H and O–H groups in total. The summed E-state index contributed by atoms with van der Waals surface area (Å²) in [5.74, 6) is -0.812. The van der Waals surface area contributed by atoms with Crippen molar-refractivity contribution in [1.82, 2.24) is 4.90 Å². The second-order valence-electron chi connectivity index (χ2n) is 5.54. The van der Waals surface area contributed by atoms with Crippen LogP contribution in [0.5, 0.6) is 0 Å². The molecule has 0 aromatic rings. The molecular weight excluding hydrogens is 218 g/mol. The third-order valence-electron chi connectivity index (χ3n) is 4.46. The van der Waals surface area contributed by atoms with Gasteiger partial charge in [0.25, 0.3) is 0 Å². The average Bonchev–Trinajstić information content (AvgIpc) is 2.71. The van der Waals surface area contributed by atoms with E-state index in [-0.39, 0.29) is 6.10 Å². The number of nitrogens with zero attached hydrogens (tertiary/aromatic N) is 1. The van der Waals surface area contributed by atoms with Crippen molar-refractivity contribution >= 4 is 5.97 Å². The molecule has 2 atom stereocenters. The van der Waals surface area contributed by atoms with Gasteiger partial charge in [0, 0.05) is 19.6 Å². The van der Waals surface area contributed by atoms with Gasteiger partial charge in [0.15, 0.2) is 6.10 Å². The van der Waals surface area contributed by atoms with Gasteiger partial charge in [0.05, 0.1) is 6.10 Å². The Balaban J connectivity index is 1.73. The third kappa shape index (κ3) is 2.63. The van der Waals surface area contributed by atoms with Crippen LogP contribution in [0.2, 0.25) is 0 Å². The fourth-order valence-electron chi connectivity index (χ4n) is 3.04. The van der Waals surface area contributed by atoms with Crippen LogP contribution in [-0.4, -0.2) is 47.8 Å². The van der Waals surface area contributed by atoms with Gasteiger partial charge in [-0.15, -0.1) is 0 Å². The standard InChI is InChI=1S/C13H23NO3/c1-3-13(4-2)8-14(9-13)7-10-5-6-11(17-10)12(15)16/h10-11H,3-9H2,1-2H3,(H,15,16). The molecule has 0 aliphatic carbocycles. The average molecular weight is 241 g/mol. The minimum absolute atomic E-state index is 0.128. The number of aliphatic carboxylic acids is 1. The van der Waals surface area contributed by atoms with Crippen LogP contribution in [0, 0.1) is 5.41 Å². The van der Waals surface area contributed by atoms with Gasteiger partial charge >= 0.3 is 5.97 Å². The summed E-state index contributed by atoms with van der Waals surface area (Å²) in [5.41, 5.74) is 0.519. The van der Waals surface area contributed by atoms with E-state index in [4.69, 9.17) is 9.84 Å². The lowest BCUT2D eigenvalue weighted by Gasteiger charge is -2.50. The van der Waals surface area contributed by atoms with Gasteiger partial charge in [0.1, 0.15) is 0 Å². The Bertz CT molecular complexity index is 280. The largest absolute Gasteiger partial charge is 0.479 e. The van der Waals surface area contributed by atoms with E-state index in [0.717, 1.165) is 26.1 Å². The highest BCUT2D eigenvalue weighted by Gasteiger charge is 2.41. The summed E-state index contributed by atoms with van der Waals surface area (Å²) >= 11 is 0. The van der Waals surface area contributed by atoms with Gasteiger partial charge in [0.2, 0.25) is 0 Å². The number of carbonyl (C=O) groups is 1. The molecule has 0 aromatic heterocycles. The summed E-state index contributed by atoms with van der Waals surface area (Å²) in [5, 5.41) is 8.86. The zero-order valence-electron chi connectivity index (χ0n) is 10.8. The van der Waals surface area contributed by atoms with Gasteiger partial charge in [-0.05, 0) is 31.1 Å². The molecule has 2 aliphatic heterocycles. The first-order chi connectivity index (χ1) is 8.08. The van der Waals surface area contributed by atoms with Crippen molar-refractivity contribution in [1.29, 1.82) is 0 Å². The van der Waals surface area contributed by atoms with Gasteiger partial charge in [-0.2, -0.15) is 0 Å². The Morgan fingerprint density at radius 3 is 2.47 bits per heavy atom. The molecule has 0 amide bonds. The predicted octanol–water partition coefficient (Wildman–Crippen LogP) is 1.74. The number of rotatable bonds is 5. The molecule has 2 saturated heterocycles. The highest BCUT2D eigenvalue weighted by atomic mass is 16.5. The van der Waals surface area contributed by atoms with E-state index < -0.39 is 12.1 Å². The molecule has 4 nitrogen and oxygen atoms in total. The highest BCUT2D eigenvalue weighted by Crippen LogP contribution is 2.37. The predicted molar refractivity (Wildman–Crippen MR) is 65.0 cm³/mol. The van der Waals surface area contributed by atoms with Crippen molar-refractivity contribution in [3.63, 3.8) is 0 Å². The second kappa shape index (κ2) is 4.94. The minimum Gasteiger partial charge on any atom is -0.479 e. The second-order valence-corrected chi connectivity index (χ2v) is 5.54. The molecule has 0 spiro atoms. The van der Waals surface area contributed by atoms with Crippen molar-refractivity contribution in [2.24, 2.45) is 5.41 Å². The van der Waals surface area contributed by atoms with Crippen LogP contribution in [0.1, 0.15) is 39.5 Å². The summed E-state index contributed by atoms with van der Waals surface area (Å²) in [7, 11) is 0. The van der Waals surface area contributed by atoms with E-state index in [1.165, 1.54) is 12.8 Å². The molecule has 2 heterocycles. The molecule has 2 unspecified atom stereocenters. The van der Waals surface area contributed by atoms with Crippen LogP contribution in [0.15, 0.2) is 0 Å². The van der Waals surface area contributed by atoms with Crippen LogP contribution in [-0.2, 0) is 9.53 Å². The first-order valence-corrected chi connectivity index (χ1v) is 6.69. The van der Waals surface area contributed by atoms with E-state index in [1.54, 1.807) is 0 Å². The zero-order valence-corrected chi connectivity index (χ0v) is 10.8. The molecule has 0 bridgehead atoms. The summed E-state index contributed by atoms with van der Waals surface area (Å²) in [4.78, 5) is 13.2. The van der Waals surface area contributed by atoms with Crippen molar-refractivity contribution in [2.75, 3.05) is 19.6 Å². The molecule has 0 radical (unpaired) electrons. The zero-order chi connectivity index (χ0) is 12.5. The lowest BCUT2D eigenvalue weighted by atomic mass is 9.75. The molecule has 98 valence electrons. The highest BCUT2D eigenvalue weighted by molar-refractivity contribution is 5.72. The van der Waals surface area contributed by atoms with Crippen LogP contribution in [0.4, 0.5) is 0 Å². The molecule has 0 aromatic carbocycles. The first-order valence-electron chi connectivity index (χ1n) is 6.69. The fraction of sp³-hybridized carbons (Fsp3) is 0.923. The number of hydrogen-bond donors (Lipinski definition) is 1. The Hall–Kier alpha value is -0.610. The quantitative estimate of drug-likeness (QED) is 0.796. The fourth-order valence-corrected chi connectivity index (χ4v) is 3.04. The minimum atomic E-state index is -0.812. The first kappa shape index (κ1) is 12.8. The van der Waals surface area contributed by atoms with E-state index in [0.29, 0.717) is 11.8 Å². The van der Waals surface area contributed by atoms with E-state index >= 15 is 0 Å². The van der Waals surface area contributed by atoms with Crippen molar-refractivity contribution < 1.29 is 14.6 Å². The number of carboxylic acid groups (broad SMARTS) is 1. The van der Waals surface area contributed by atoms with Crippen molar-refractivity contribution in [3.05, 3.63) is 0 Å². The van der Waals surface area contributed by atoms with E-state index in [9.17, 15) is 4.79 Å². The lowest BCUT2D eigenvalue weighted by Crippen LogP contribution is -2.57. The number of likely N-dealkylation sites (tertiary alicyclic amines) is 1. The lowest BCUT2D eigenvalue weighted by molar-refractivity contribution is -0.150. The summed E-state index contributed by atoms with van der Waals surface area (Å²) in [6, 6.07) is 0. The number of carboxylic acids is 1. The molecule has 2 rings (SSSR count). The topological polar surface area (TPSA) is 49.8 Å². The molecule has 17 heavy (non-hydrogen) atoms. The van der Waals surface area contributed by atoms with Crippen molar-refractivity contribution in [2.45, 2.75) is 51.7 Å². The molecule has 2 aliphatic rings. The molecular formula is C13H23NO3. The van der Waals surface area contributed by atoms with Gasteiger partial charge < -0.3 is 9.84 Å². The third-order valence-corrected chi connectivity index (χ3v) is 4.46. The summed E-state index contributed by atoms with van der Waals surface area (Å²) in [6.45, 7) is 7.72. The van der Waals surface area contributed by atoms with Gasteiger partial charge in [-0.1, -0.05) is 13.8 Å². The summed E-state index contributed by atoms with van der Waals surface area (Å²) in [6.07, 6.45) is 3.59. The Morgan fingerprint density at radius 1 is 1.35 bits per heavy atom. The normalized spacial score (nSPS) is 32.4. The maximum atomic E-state index is 10.8. The SMILES string of the molecule is CCC1(CC)CN(CC2CCC(C(=O)O)O2)C1. The van der Waals surface area contributed by atoms with Crippen LogP contribution in [0.25, 0.3) is 0 Å². The maximum absolute atomic E-state index is 10.8. The number of hydrogen-bond acceptors (Lipinski definition) is 3.